The lowest BCUT2D eigenvalue weighted by Gasteiger charge is -2.10. The van der Waals surface area contributed by atoms with Gasteiger partial charge in [0.1, 0.15) is 5.69 Å². The van der Waals surface area contributed by atoms with Crippen molar-refractivity contribution in [2.45, 2.75) is 24.8 Å². The minimum atomic E-state index is -0.00545. The van der Waals surface area contributed by atoms with Crippen molar-refractivity contribution < 1.29 is 4.79 Å². The summed E-state index contributed by atoms with van der Waals surface area (Å²) in [6.45, 7) is 3.95. The number of Topliss-reactive ketones (excluding diaryl/α,β-unsaturated/α-hetero) is 1. The van der Waals surface area contributed by atoms with Gasteiger partial charge in [-0.25, -0.2) is 0 Å². The van der Waals surface area contributed by atoms with E-state index in [1.165, 1.54) is 18.0 Å². The Hall–Kier alpha value is -0.780. The van der Waals surface area contributed by atoms with Crippen LogP contribution in [0.1, 0.15) is 30.4 Å². The molecule has 3 nitrogen and oxygen atoms in total. The number of rotatable bonds is 5. The van der Waals surface area contributed by atoms with Crippen molar-refractivity contribution >= 4 is 45.1 Å². The molecule has 1 aromatic carbocycles. The Balaban J connectivity index is 2.09. The number of carbonyl (C=O) groups excluding carboxylic acids is 1. The van der Waals surface area contributed by atoms with Crippen LogP contribution in [0.15, 0.2) is 39.8 Å². The summed E-state index contributed by atoms with van der Waals surface area (Å²) in [5.74, 6) is 0.342. The van der Waals surface area contributed by atoms with Crippen molar-refractivity contribution in [2.75, 3.05) is 5.75 Å². The number of hydrogen-bond acceptors (Lipinski definition) is 3. The first-order valence-corrected chi connectivity index (χ1v) is 8.29. The van der Waals surface area contributed by atoms with Gasteiger partial charge < -0.3 is 0 Å². The van der Waals surface area contributed by atoms with Crippen LogP contribution < -0.4 is 0 Å². The Morgan fingerprint density at radius 3 is 2.65 bits per heavy atom. The molecular weight excluding hydrogens is 360 g/mol. The van der Waals surface area contributed by atoms with Gasteiger partial charge in [0.05, 0.1) is 17.0 Å². The van der Waals surface area contributed by atoms with E-state index >= 15 is 0 Å². The van der Waals surface area contributed by atoms with Crippen molar-refractivity contribution in [3.63, 3.8) is 0 Å². The van der Waals surface area contributed by atoms with Gasteiger partial charge in [-0.2, -0.15) is 5.10 Å². The summed E-state index contributed by atoms with van der Waals surface area (Å²) in [7, 11) is 0. The van der Waals surface area contributed by atoms with Gasteiger partial charge in [0.25, 0.3) is 0 Å². The van der Waals surface area contributed by atoms with Crippen molar-refractivity contribution in [3.05, 3.63) is 45.7 Å². The molecule has 0 spiro atoms. The number of thioether (sulfide) groups is 1. The van der Waals surface area contributed by atoms with Gasteiger partial charge in [0, 0.05) is 15.4 Å². The van der Waals surface area contributed by atoms with E-state index < -0.39 is 0 Å². The predicted octanol–water partition coefficient (Wildman–Crippen LogP) is 4.85. The Morgan fingerprint density at radius 2 is 2.05 bits per heavy atom. The molecule has 2 aromatic rings. The van der Waals surface area contributed by atoms with Crippen LogP contribution in [0.25, 0.3) is 0 Å². The largest absolute Gasteiger partial charge is 0.291 e. The Labute approximate surface area is 135 Å². The van der Waals surface area contributed by atoms with Crippen LogP contribution >= 0.6 is 39.3 Å². The molecule has 0 fully saturated rings. The summed E-state index contributed by atoms with van der Waals surface area (Å²) >= 11 is 10.9. The van der Waals surface area contributed by atoms with Crippen molar-refractivity contribution in [1.29, 1.82) is 0 Å². The number of halogens is 2. The van der Waals surface area contributed by atoms with Crippen LogP contribution in [0.4, 0.5) is 0 Å². The third-order valence-corrected chi connectivity index (χ3v) is 4.50. The Morgan fingerprint density at radius 1 is 1.40 bits per heavy atom. The molecule has 0 aliphatic carbocycles. The summed E-state index contributed by atoms with van der Waals surface area (Å²) in [4.78, 5) is 13.4. The smallest absolute Gasteiger partial charge is 0.192 e. The quantitative estimate of drug-likeness (QED) is 0.555. The van der Waals surface area contributed by atoms with Crippen LogP contribution in [-0.2, 0) is 0 Å². The molecule has 0 radical (unpaired) electrons. The van der Waals surface area contributed by atoms with E-state index in [0.717, 1.165) is 9.37 Å². The fourth-order valence-electron chi connectivity index (χ4n) is 1.74. The first-order chi connectivity index (χ1) is 9.49. The first kappa shape index (κ1) is 15.6. The average Bonchev–Trinajstić information content (AvgIpc) is 2.80. The monoisotopic (exact) mass is 372 g/mol. The summed E-state index contributed by atoms with van der Waals surface area (Å²) < 4.78 is 2.70. The molecule has 1 aromatic heterocycles. The summed E-state index contributed by atoms with van der Waals surface area (Å²) in [5.41, 5.74) is 0.492. The molecule has 0 amide bonds. The van der Waals surface area contributed by atoms with Crippen LogP contribution in [0.5, 0.6) is 0 Å². The fraction of sp³-hybridized carbons (Fsp3) is 0.286. The molecule has 0 atom stereocenters. The molecule has 0 unspecified atom stereocenters. The van der Waals surface area contributed by atoms with Crippen LogP contribution in [-0.4, -0.2) is 21.3 Å². The van der Waals surface area contributed by atoms with Crippen LogP contribution in [0.3, 0.4) is 0 Å². The lowest BCUT2D eigenvalue weighted by Crippen LogP contribution is -2.14. The second kappa shape index (κ2) is 6.78. The SMILES string of the molecule is CC(C)n1ncc(Cl)c1C(=O)CSc1ccc(Br)cc1. The number of hydrogen-bond donors (Lipinski definition) is 0. The van der Waals surface area contributed by atoms with Gasteiger partial charge in [-0.1, -0.05) is 27.5 Å². The van der Waals surface area contributed by atoms with Gasteiger partial charge >= 0.3 is 0 Å². The molecule has 2 rings (SSSR count). The molecular formula is C14H14BrClN2OS. The molecule has 0 aliphatic heterocycles. The van der Waals surface area contributed by atoms with Gasteiger partial charge in [-0.15, -0.1) is 11.8 Å². The molecule has 0 saturated heterocycles. The summed E-state index contributed by atoms with van der Waals surface area (Å²) in [5, 5.41) is 4.57. The number of nitrogens with zero attached hydrogens (tertiary/aromatic N) is 2. The fourth-order valence-corrected chi connectivity index (χ4v) is 3.00. The maximum absolute atomic E-state index is 12.3. The average molecular weight is 374 g/mol. The lowest BCUT2D eigenvalue weighted by molar-refractivity contribution is 0.101. The second-order valence-corrected chi connectivity index (χ2v) is 6.92. The maximum Gasteiger partial charge on any atom is 0.192 e. The Kier molecular flexibility index (Phi) is 5.29. The van der Waals surface area contributed by atoms with E-state index in [-0.39, 0.29) is 11.8 Å². The molecule has 6 heteroatoms. The number of benzene rings is 1. The van der Waals surface area contributed by atoms with E-state index in [1.54, 1.807) is 4.68 Å². The molecule has 0 aliphatic rings. The van der Waals surface area contributed by atoms with Gasteiger partial charge in [0.2, 0.25) is 0 Å². The molecule has 0 N–H and O–H groups in total. The second-order valence-electron chi connectivity index (χ2n) is 4.55. The summed E-state index contributed by atoms with van der Waals surface area (Å²) in [6, 6.07) is 7.97. The zero-order valence-corrected chi connectivity index (χ0v) is 14.3. The van der Waals surface area contributed by atoms with Gasteiger partial charge in [-0.3, -0.25) is 9.48 Å². The summed E-state index contributed by atoms with van der Waals surface area (Å²) in [6.07, 6.45) is 1.53. The zero-order chi connectivity index (χ0) is 14.7. The van der Waals surface area contributed by atoms with E-state index in [4.69, 9.17) is 11.6 Å². The van der Waals surface area contributed by atoms with Gasteiger partial charge in [0.15, 0.2) is 5.78 Å². The topological polar surface area (TPSA) is 34.9 Å². The van der Waals surface area contributed by atoms with Crippen LogP contribution in [0, 0.1) is 0 Å². The highest BCUT2D eigenvalue weighted by Crippen LogP contribution is 2.24. The van der Waals surface area contributed by atoms with E-state index in [0.29, 0.717) is 16.5 Å². The number of carbonyl (C=O) groups is 1. The standard InChI is InChI=1S/C14H14BrClN2OS/c1-9(2)18-14(12(16)7-17-18)13(19)8-20-11-5-3-10(15)4-6-11/h3-7,9H,8H2,1-2H3. The number of ketones is 1. The Bertz CT molecular complexity index is 610. The van der Waals surface area contributed by atoms with Crippen LogP contribution in [0.2, 0.25) is 5.02 Å². The highest BCUT2D eigenvalue weighted by atomic mass is 79.9. The highest BCUT2D eigenvalue weighted by Gasteiger charge is 2.19. The zero-order valence-electron chi connectivity index (χ0n) is 11.1. The molecule has 20 heavy (non-hydrogen) atoms. The predicted molar refractivity (Wildman–Crippen MR) is 86.8 cm³/mol. The van der Waals surface area contributed by atoms with Crippen molar-refractivity contribution in [1.82, 2.24) is 9.78 Å². The van der Waals surface area contributed by atoms with Crippen molar-refractivity contribution in [2.24, 2.45) is 0 Å². The number of aromatic nitrogens is 2. The normalized spacial score (nSPS) is 11.1. The maximum atomic E-state index is 12.3. The molecule has 0 saturated carbocycles. The highest BCUT2D eigenvalue weighted by molar-refractivity contribution is 9.10. The van der Waals surface area contributed by atoms with Crippen molar-refractivity contribution in [3.8, 4) is 0 Å². The molecule has 1 heterocycles. The molecule has 106 valence electrons. The van der Waals surface area contributed by atoms with Gasteiger partial charge in [-0.05, 0) is 38.1 Å². The van der Waals surface area contributed by atoms with E-state index in [9.17, 15) is 4.79 Å². The molecule has 0 bridgehead atoms. The third kappa shape index (κ3) is 3.65. The lowest BCUT2D eigenvalue weighted by atomic mass is 10.3. The minimum absolute atomic E-state index is 0.00545. The first-order valence-electron chi connectivity index (χ1n) is 6.13. The minimum Gasteiger partial charge on any atom is -0.291 e. The third-order valence-electron chi connectivity index (χ3n) is 2.69. The van der Waals surface area contributed by atoms with E-state index in [1.807, 2.05) is 38.1 Å². The van der Waals surface area contributed by atoms with E-state index in [2.05, 4.69) is 21.0 Å².